The van der Waals surface area contributed by atoms with Crippen LogP contribution in [0.2, 0.25) is 5.15 Å². The average molecular weight is 280 g/mol. The molecule has 3 aromatic rings. The van der Waals surface area contributed by atoms with Crippen molar-refractivity contribution in [2.24, 2.45) is 0 Å². The molecule has 3 heterocycles. The van der Waals surface area contributed by atoms with Crippen molar-refractivity contribution in [3.05, 3.63) is 48.0 Å². The van der Waals surface area contributed by atoms with Gasteiger partial charge in [-0.15, -0.1) is 3.89 Å². The van der Waals surface area contributed by atoms with Crippen molar-refractivity contribution in [2.75, 3.05) is 0 Å². The van der Waals surface area contributed by atoms with Crippen LogP contribution in [0.15, 0.2) is 42.9 Å². The largest absolute Gasteiger partial charge is 0.264 e. The van der Waals surface area contributed by atoms with Crippen LogP contribution in [0.25, 0.3) is 22.2 Å². The van der Waals surface area contributed by atoms with Crippen molar-refractivity contribution in [3.8, 4) is 11.1 Å². The second kappa shape index (κ2) is 4.59. The number of pyridine rings is 2. The second-order valence-corrected chi connectivity index (χ2v) is 4.60. The Balaban J connectivity index is 2.31. The third kappa shape index (κ3) is 1.85. The van der Waals surface area contributed by atoms with E-state index in [9.17, 15) is 3.89 Å². The van der Waals surface area contributed by atoms with Crippen LogP contribution in [-0.2, 0) is 0 Å². The van der Waals surface area contributed by atoms with E-state index in [1.54, 1.807) is 24.7 Å². The van der Waals surface area contributed by atoms with E-state index in [0.29, 0.717) is 10.8 Å². The molecular weight excluding hydrogens is 273 g/mol. The predicted molar refractivity (Wildman–Crippen MR) is 72.1 cm³/mol. The van der Waals surface area contributed by atoms with Crippen LogP contribution in [-0.4, -0.2) is 13.9 Å². The highest BCUT2D eigenvalue weighted by atomic mass is 35.5. The molecule has 18 heavy (non-hydrogen) atoms. The molecule has 0 N–H and O–H groups in total. The highest BCUT2D eigenvalue weighted by Gasteiger charge is 2.12. The number of rotatable bonds is 2. The lowest BCUT2D eigenvalue weighted by atomic mass is 10.1. The van der Waals surface area contributed by atoms with Crippen molar-refractivity contribution in [3.63, 3.8) is 0 Å². The van der Waals surface area contributed by atoms with Gasteiger partial charge in [-0.3, -0.25) is 4.98 Å². The molecule has 0 atom stereocenters. The van der Waals surface area contributed by atoms with Crippen LogP contribution in [0.1, 0.15) is 0 Å². The van der Waals surface area contributed by atoms with Gasteiger partial charge in [0.2, 0.25) is 0 Å². The fraction of sp³-hybridized carbons (Fsp3) is 0. The Labute approximate surface area is 112 Å². The summed E-state index contributed by atoms with van der Waals surface area (Å²) < 4.78 is 14.2. The number of fused-ring (bicyclic) bond motifs is 1. The highest BCUT2D eigenvalue weighted by Crippen LogP contribution is 2.32. The maximum atomic E-state index is 12.9. The van der Waals surface area contributed by atoms with Gasteiger partial charge in [-0.1, -0.05) is 17.7 Å². The number of hydrogen-bond donors (Lipinski definition) is 0. The van der Waals surface area contributed by atoms with Gasteiger partial charge in [-0.2, -0.15) is 0 Å². The predicted octanol–water partition coefficient (Wildman–Crippen LogP) is 4.13. The lowest BCUT2D eigenvalue weighted by Crippen LogP contribution is -1.83. The van der Waals surface area contributed by atoms with Gasteiger partial charge in [0.15, 0.2) is 18.0 Å². The molecule has 0 aliphatic heterocycles. The maximum Gasteiger partial charge on any atom is 0.171 e. The van der Waals surface area contributed by atoms with Gasteiger partial charge in [0.1, 0.15) is 5.15 Å². The summed E-state index contributed by atoms with van der Waals surface area (Å²) in [6.07, 6.45) is 5.12. The number of nitrogens with zero attached hydrogens (tertiary/aromatic N) is 3. The SMILES string of the molecule is FSn1cc(-c2cccnc2)c2ccc(Cl)nc21. The minimum absolute atomic E-state index is 0.0976. The number of hydrogen-bond acceptors (Lipinski definition) is 3. The van der Waals surface area contributed by atoms with Crippen LogP contribution < -0.4 is 0 Å². The summed E-state index contributed by atoms with van der Waals surface area (Å²) in [7, 11) is 0. The van der Waals surface area contributed by atoms with Crippen LogP contribution in [0.5, 0.6) is 0 Å². The first-order valence-electron chi connectivity index (χ1n) is 5.16. The molecule has 3 nitrogen and oxygen atoms in total. The minimum Gasteiger partial charge on any atom is -0.264 e. The molecule has 3 rings (SSSR count). The van der Waals surface area contributed by atoms with E-state index in [2.05, 4.69) is 9.97 Å². The topological polar surface area (TPSA) is 30.7 Å². The number of aromatic nitrogens is 3. The molecule has 0 unspecified atom stereocenters. The van der Waals surface area contributed by atoms with Gasteiger partial charge in [0, 0.05) is 35.1 Å². The zero-order valence-corrected chi connectivity index (χ0v) is 10.6. The van der Waals surface area contributed by atoms with Crippen LogP contribution >= 0.6 is 23.9 Å². The fourth-order valence-corrected chi connectivity index (χ4v) is 2.35. The quantitative estimate of drug-likeness (QED) is 0.661. The van der Waals surface area contributed by atoms with Crippen LogP contribution in [0.4, 0.5) is 3.89 Å². The second-order valence-electron chi connectivity index (χ2n) is 3.68. The Hall–Kier alpha value is -1.59. The van der Waals surface area contributed by atoms with Crippen LogP contribution in [0.3, 0.4) is 0 Å². The molecule has 90 valence electrons. The maximum absolute atomic E-state index is 12.9. The zero-order chi connectivity index (χ0) is 12.5. The van der Waals surface area contributed by atoms with Gasteiger partial charge < -0.3 is 0 Å². The summed E-state index contributed by atoms with van der Waals surface area (Å²) >= 11 is 5.93. The van der Waals surface area contributed by atoms with E-state index >= 15 is 0 Å². The molecule has 0 aliphatic rings. The van der Waals surface area contributed by atoms with Gasteiger partial charge >= 0.3 is 0 Å². The highest BCUT2D eigenvalue weighted by molar-refractivity contribution is 7.92. The average Bonchev–Trinajstić information content (AvgIpc) is 2.77. The summed E-state index contributed by atoms with van der Waals surface area (Å²) in [6.45, 7) is 0. The lowest BCUT2D eigenvalue weighted by Gasteiger charge is -1.97. The minimum atomic E-state index is 0.0976. The first kappa shape index (κ1) is 11.5. The Morgan fingerprint density at radius 3 is 2.89 bits per heavy atom. The molecule has 0 fully saturated rings. The summed E-state index contributed by atoms with van der Waals surface area (Å²) in [5, 5.41) is 1.19. The van der Waals surface area contributed by atoms with E-state index in [1.165, 1.54) is 3.97 Å². The molecule has 0 amide bonds. The summed E-state index contributed by atoms with van der Waals surface area (Å²) in [5.41, 5.74) is 2.31. The number of halogens is 2. The summed E-state index contributed by atoms with van der Waals surface area (Å²) in [4.78, 5) is 8.20. The molecule has 0 saturated carbocycles. The Kier molecular flexibility index (Phi) is 2.93. The monoisotopic (exact) mass is 279 g/mol. The first-order valence-corrected chi connectivity index (χ1v) is 6.22. The Bertz CT molecular complexity index is 699. The van der Waals surface area contributed by atoms with E-state index < -0.39 is 0 Å². The normalized spacial score (nSPS) is 11.0. The van der Waals surface area contributed by atoms with E-state index in [1.807, 2.05) is 18.2 Å². The first-order chi connectivity index (χ1) is 8.79. The van der Waals surface area contributed by atoms with Gasteiger partial charge in [0.05, 0.1) is 0 Å². The zero-order valence-electron chi connectivity index (χ0n) is 9.05. The van der Waals surface area contributed by atoms with Crippen molar-refractivity contribution < 1.29 is 3.89 Å². The Morgan fingerprint density at radius 2 is 2.17 bits per heavy atom. The van der Waals surface area contributed by atoms with Crippen LogP contribution in [0, 0.1) is 0 Å². The molecule has 0 aromatic carbocycles. The molecular formula is C12H7ClFN3S. The van der Waals surface area contributed by atoms with E-state index in [4.69, 9.17) is 11.6 Å². The molecule has 0 bridgehead atoms. The van der Waals surface area contributed by atoms with Crippen molar-refractivity contribution >= 4 is 35.0 Å². The van der Waals surface area contributed by atoms with Gasteiger partial charge in [-0.25, -0.2) is 8.96 Å². The molecule has 0 spiro atoms. The van der Waals surface area contributed by atoms with Crippen molar-refractivity contribution in [1.82, 2.24) is 13.9 Å². The molecule has 0 saturated heterocycles. The fourth-order valence-electron chi connectivity index (χ4n) is 1.86. The van der Waals surface area contributed by atoms with E-state index in [-0.39, 0.29) is 12.3 Å². The summed E-state index contributed by atoms with van der Waals surface area (Å²) in [5.74, 6) is 0. The van der Waals surface area contributed by atoms with Gasteiger partial charge in [-0.05, 0) is 18.2 Å². The van der Waals surface area contributed by atoms with E-state index in [0.717, 1.165) is 16.5 Å². The third-order valence-electron chi connectivity index (χ3n) is 2.63. The molecule has 6 heteroatoms. The van der Waals surface area contributed by atoms with Crippen molar-refractivity contribution in [2.45, 2.75) is 0 Å². The Morgan fingerprint density at radius 1 is 1.28 bits per heavy atom. The lowest BCUT2D eigenvalue weighted by molar-refractivity contribution is 0.919. The van der Waals surface area contributed by atoms with Crippen molar-refractivity contribution in [1.29, 1.82) is 0 Å². The van der Waals surface area contributed by atoms with Gasteiger partial charge in [0.25, 0.3) is 0 Å². The third-order valence-corrected chi connectivity index (χ3v) is 3.27. The molecule has 0 radical (unpaired) electrons. The molecule has 3 aromatic heterocycles. The smallest absolute Gasteiger partial charge is 0.171 e. The standard InChI is InChI=1S/C12H7ClFN3S/c13-11-4-3-9-10(8-2-1-5-15-6-8)7-17(18-14)12(9)16-11/h1-7H. The summed E-state index contributed by atoms with van der Waals surface area (Å²) in [6, 6.07) is 7.28. The molecule has 0 aliphatic carbocycles.